The van der Waals surface area contributed by atoms with Gasteiger partial charge in [0, 0.05) is 33.4 Å². The molecule has 0 radical (unpaired) electrons. The van der Waals surface area contributed by atoms with E-state index in [0.29, 0.717) is 19.7 Å². The molecule has 1 saturated heterocycles. The molecular formula is C12H22N2O5. The summed E-state index contributed by atoms with van der Waals surface area (Å²) in [7, 11) is 1.51. The number of hydrogen-bond donors (Lipinski definition) is 2. The van der Waals surface area contributed by atoms with Crippen LogP contribution in [-0.2, 0) is 9.53 Å². The van der Waals surface area contributed by atoms with Crippen molar-refractivity contribution in [2.45, 2.75) is 12.8 Å². The normalized spacial score (nSPS) is 16.4. The van der Waals surface area contributed by atoms with Gasteiger partial charge in [0.05, 0.1) is 6.61 Å². The second kappa shape index (κ2) is 7.96. The van der Waals surface area contributed by atoms with Crippen molar-refractivity contribution in [2.24, 2.45) is 5.92 Å². The monoisotopic (exact) mass is 274 g/mol. The second-order valence-electron chi connectivity index (χ2n) is 4.70. The SMILES string of the molecule is COCCN(CC(=O)O)C(=O)N1CCC(CO)CC1. The van der Waals surface area contributed by atoms with Crippen molar-refractivity contribution >= 4 is 12.0 Å². The number of urea groups is 1. The molecule has 0 aromatic rings. The van der Waals surface area contributed by atoms with Crippen molar-refractivity contribution in [1.82, 2.24) is 9.80 Å². The Morgan fingerprint density at radius 2 is 2.00 bits per heavy atom. The first-order valence-corrected chi connectivity index (χ1v) is 6.44. The molecule has 0 saturated carbocycles. The van der Waals surface area contributed by atoms with Crippen molar-refractivity contribution in [3.63, 3.8) is 0 Å². The predicted octanol–water partition coefficient (Wildman–Crippen LogP) is -0.156. The summed E-state index contributed by atoms with van der Waals surface area (Å²) in [6, 6.07) is -0.268. The summed E-state index contributed by atoms with van der Waals surface area (Å²) >= 11 is 0. The van der Waals surface area contributed by atoms with E-state index in [9.17, 15) is 9.59 Å². The Balaban J connectivity index is 2.53. The number of nitrogens with zero attached hydrogens (tertiary/aromatic N) is 2. The molecule has 1 fully saturated rings. The van der Waals surface area contributed by atoms with Crippen molar-refractivity contribution in [1.29, 1.82) is 0 Å². The van der Waals surface area contributed by atoms with E-state index in [1.807, 2.05) is 0 Å². The van der Waals surface area contributed by atoms with Crippen LogP contribution in [0.2, 0.25) is 0 Å². The molecule has 2 amide bonds. The Bertz CT molecular complexity index is 302. The number of hydrogen-bond acceptors (Lipinski definition) is 4. The van der Waals surface area contributed by atoms with Gasteiger partial charge in [-0.3, -0.25) is 4.79 Å². The minimum Gasteiger partial charge on any atom is -0.480 e. The zero-order chi connectivity index (χ0) is 14.3. The molecule has 1 rings (SSSR count). The van der Waals surface area contributed by atoms with E-state index in [-0.39, 0.29) is 31.6 Å². The van der Waals surface area contributed by atoms with Gasteiger partial charge in [0.15, 0.2) is 0 Å². The van der Waals surface area contributed by atoms with Crippen LogP contribution < -0.4 is 0 Å². The fourth-order valence-corrected chi connectivity index (χ4v) is 2.11. The van der Waals surface area contributed by atoms with Crippen molar-refractivity contribution in [3.05, 3.63) is 0 Å². The maximum Gasteiger partial charge on any atom is 0.323 e. The molecule has 0 bridgehead atoms. The highest BCUT2D eigenvalue weighted by Gasteiger charge is 2.26. The molecule has 1 aliphatic heterocycles. The van der Waals surface area contributed by atoms with E-state index in [4.69, 9.17) is 14.9 Å². The predicted molar refractivity (Wildman–Crippen MR) is 67.9 cm³/mol. The van der Waals surface area contributed by atoms with E-state index >= 15 is 0 Å². The Labute approximate surface area is 112 Å². The van der Waals surface area contributed by atoms with Crippen LogP contribution in [0.15, 0.2) is 0 Å². The first-order chi connectivity index (χ1) is 9.08. The maximum absolute atomic E-state index is 12.2. The number of amides is 2. The van der Waals surface area contributed by atoms with E-state index < -0.39 is 5.97 Å². The van der Waals surface area contributed by atoms with Crippen LogP contribution in [0.25, 0.3) is 0 Å². The van der Waals surface area contributed by atoms with E-state index in [0.717, 1.165) is 12.8 Å². The van der Waals surface area contributed by atoms with Gasteiger partial charge in [0.25, 0.3) is 0 Å². The number of carbonyl (C=O) groups excluding carboxylic acids is 1. The number of rotatable bonds is 6. The Kier molecular flexibility index (Phi) is 6.58. The number of aliphatic carboxylic acids is 1. The third-order valence-corrected chi connectivity index (χ3v) is 3.31. The van der Waals surface area contributed by atoms with Gasteiger partial charge < -0.3 is 24.7 Å². The van der Waals surface area contributed by atoms with Gasteiger partial charge in [0.2, 0.25) is 0 Å². The van der Waals surface area contributed by atoms with Crippen LogP contribution in [0, 0.1) is 5.92 Å². The van der Waals surface area contributed by atoms with Gasteiger partial charge in [-0.1, -0.05) is 0 Å². The Hall–Kier alpha value is -1.34. The molecule has 7 heteroatoms. The summed E-state index contributed by atoms with van der Waals surface area (Å²) in [6.45, 7) is 1.53. The molecule has 0 spiro atoms. The quantitative estimate of drug-likeness (QED) is 0.702. The Morgan fingerprint density at radius 3 is 2.47 bits per heavy atom. The number of likely N-dealkylation sites (tertiary alicyclic amines) is 1. The minimum absolute atomic E-state index is 0.143. The van der Waals surface area contributed by atoms with Crippen LogP contribution >= 0.6 is 0 Å². The molecule has 0 atom stereocenters. The Morgan fingerprint density at radius 1 is 1.37 bits per heavy atom. The summed E-state index contributed by atoms with van der Waals surface area (Å²) < 4.78 is 4.89. The topological polar surface area (TPSA) is 90.3 Å². The number of methoxy groups -OCH3 is 1. The standard InChI is InChI=1S/C12H22N2O5/c1-19-7-6-14(8-11(16)17)12(18)13-4-2-10(9-15)3-5-13/h10,15H,2-9H2,1H3,(H,16,17). The first-order valence-electron chi connectivity index (χ1n) is 6.44. The van der Waals surface area contributed by atoms with Gasteiger partial charge in [-0.15, -0.1) is 0 Å². The first kappa shape index (κ1) is 15.7. The van der Waals surface area contributed by atoms with Crippen molar-refractivity contribution in [2.75, 3.05) is 46.5 Å². The highest BCUT2D eigenvalue weighted by Crippen LogP contribution is 2.17. The highest BCUT2D eigenvalue weighted by molar-refractivity contribution is 5.80. The molecular weight excluding hydrogens is 252 g/mol. The van der Waals surface area contributed by atoms with E-state index in [1.165, 1.54) is 12.0 Å². The minimum atomic E-state index is -1.03. The largest absolute Gasteiger partial charge is 0.480 e. The summed E-state index contributed by atoms with van der Waals surface area (Å²) in [6.07, 6.45) is 1.51. The molecule has 110 valence electrons. The summed E-state index contributed by atoms with van der Waals surface area (Å²) in [5.41, 5.74) is 0. The number of piperidine rings is 1. The van der Waals surface area contributed by atoms with Crippen LogP contribution in [0.3, 0.4) is 0 Å². The maximum atomic E-state index is 12.2. The van der Waals surface area contributed by atoms with Gasteiger partial charge in [-0.05, 0) is 18.8 Å². The van der Waals surface area contributed by atoms with Gasteiger partial charge in [0.1, 0.15) is 6.54 Å². The number of carboxylic acid groups (broad SMARTS) is 1. The van der Waals surface area contributed by atoms with E-state index in [2.05, 4.69) is 0 Å². The lowest BCUT2D eigenvalue weighted by molar-refractivity contribution is -0.137. The molecule has 2 N–H and O–H groups in total. The summed E-state index contributed by atoms with van der Waals surface area (Å²) in [4.78, 5) is 25.9. The smallest absolute Gasteiger partial charge is 0.323 e. The molecule has 0 aromatic carbocycles. The fraction of sp³-hybridized carbons (Fsp3) is 0.833. The van der Waals surface area contributed by atoms with Crippen LogP contribution in [0.4, 0.5) is 4.79 Å². The van der Waals surface area contributed by atoms with Crippen LogP contribution in [0.5, 0.6) is 0 Å². The molecule has 19 heavy (non-hydrogen) atoms. The lowest BCUT2D eigenvalue weighted by Crippen LogP contribution is -2.49. The number of aliphatic hydroxyl groups is 1. The van der Waals surface area contributed by atoms with Gasteiger partial charge in [-0.25, -0.2) is 4.79 Å². The van der Waals surface area contributed by atoms with Gasteiger partial charge >= 0.3 is 12.0 Å². The zero-order valence-corrected chi connectivity index (χ0v) is 11.2. The third-order valence-electron chi connectivity index (χ3n) is 3.31. The van der Waals surface area contributed by atoms with E-state index in [1.54, 1.807) is 4.90 Å². The second-order valence-corrected chi connectivity index (χ2v) is 4.70. The van der Waals surface area contributed by atoms with Crippen LogP contribution in [-0.4, -0.2) is 78.5 Å². The number of carboxylic acids is 1. The lowest BCUT2D eigenvalue weighted by Gasteiger charge is -2.34. The fourth-order valence-electron chi connectivity index (χ4n) is 2.11. The molecule has 0 aromatic heterocycles. The molecule has 0 unspecified atom stereocenters. The highest BCUT2D eigenvalue weighted by atomic mass is 16.5. The average molecular weight is 274 g/mol. The summed E-state index contributed by atoms with van der Waals surface area (Å²) in [5, 5.41) is 17.9. The molecule has 1 heterocycles. The third kappa shape index (κ3) is 5.04. The zero-order valence-electron chi connectivity index (χ0n) is 11.2. The number of aliphatic hydroxyl groups excluding tert-OH is 1. The number of ether oxygens (including phenoxy) is 1. The van der Waals surface area contributed by atoms with Crippen molar-refractivity contribution in [3.8, 4) is 0 Å². The number of carbonyl (C=O) groups is 2. The lowest BCUT2D eigenvalue weighted by atomic mass is 9.98. The van der Waals surface area contributed by atoms with Gasteiger partial charge in [-0.2, -0.15) is 0 Å². The average Bonchev–Trinajstić information content (AvgIpc) is 2.42. The summed E-state index contributed by atoms with van der Waals surface area (Å²) in [5.74, 6) is -0.786. The van der Waals surface area contributed by atoms with Crippen molar-refractivity contribution < 1.29 is 24.5 Å². The molecule has 1 aliphatic rings. The molecule has 0 aliphatic carbocycles. The molecule has 7 nitrogen and oxygen atoms in total. The van der Waals surface area contributed by atoms with Crippen LogP contribution in [0.1, 0.15) is 12.8 Å².